The molecule has 0 aliphatic carbocycles. The van der Waals surface area contributed by atoms with Crippen molar-refractivity contribution in [2.45, 2.75) is 45.1 Å². The molecule has 2 aliphatic rings. The van der Waals surface area contributed by atoms with Gasteiger partial charge in [0.15, 0.2) is 0 Å². The van der Waals surface area contributed by atoms with Crippen molar-refractivity contribution in [1.82, 2.24) is 9.80 Å². The van der Waals surface area contributed by atoms with E-state index >= 15 is 0 Å². The number of likely N-dealkylation sites (tertiary alicyclic amines) is 2. The lowest BCUT2D eigenvalue weighted by Gasteiger charge is -2.27. The Morgan fingerprint density at radius 1 is 1.16 bits per heavy atom. The molecule has 0 N–H and O–H groups in total. The summed E-state index contributed by atoms with van der Waals surface area (Å²) in [5.41, 5.74) is 1.03. The first-order valence-electron chi connectivity index (χ1n) is 9.70. The molecule has 1 unspecified atom stereocenters. The lowest BCUT2D eigenvalue weighted by atomic mass is 10.2. The van der Waals surface area contributed by atoms with E-state index in [0.717, 1.165) is 50.3 Å². The molecule has 0 radical (unpaired) electrons. The molecule has 4 heteroatoms. The van der Waals surface area contributed by atoms with Crippen molar-refractivity contribution >= 4 is 12.0 Å². The van der Waals surface area contributed by atoms with Gasteiger partial charge in [0.1, 0.15) is 5.75 Å². The molecule has 136 valence electrons. The number of rotatable bonds is 7. The minimum atomic E-state index is 0.146. The standard InChI is InChI=1S/C21H30N2O2/c1-2-16-25-20-10-7-18(8-11-20)9-12-21(24)23-15-5-6-19(23)17-22-13-3-4-14-22/h7-12,19H,2-6,13-17H2,1H3/b12-9+. The molecule has 0 spiro atoms. The fourth-order valence-electron chi connectivity index (χ4n) is 3.74. The summed E-state index contributed by atoms with van der Waals surface area (Å²) in [4.78, 5) is 17.2. The molecule has 2 saturated heterocycles. The highest BCUT2D eigenvalue weighted by Crippen LogP contribution is 2.21. The topological polar surface area (TPSA) is 32.8 Å². The Labute approximate surface area is 151 Å². The summed E-state index contributed by atoms with van der Waals surface area (Å²) < 4.78 is 5.59. The van der Waals surface area contributed by atoms with Gasteiger partial charge >= 0.3 is 0 Å². The number of ether oxygens (including phenoxy) is 1. The molecule has 1 amide bonds. The largest absolute Gasteiger partial charge is 0.494 e. The highest BCUT2D eigenvalue weighted by atomic mass is 16.5. The number of carbonyl (C=O) groups is 1. The zero-order chi connectivity index (χ0) is 17.5. The number of benzene rings is 1. The van der Waals surface area contributed by atoms with Crippen LogP contribution in [-0.2, 0) is 4.79 Å². The fraction of sp³-hybridized carbons (Fsp3) is 0.571. The van der Waals surface area contributed by atoms with E-state index in [-0.39, 0.29) is 5.91 Å². The van der Waals surface area contributed by atoms with Crippen molar-refractivity contribution in [2.24, 2.45) is 0 Å². The Morgan fingerprint density at radius 2 is 1.92 bits per heavy atom. The van der Waals surface area contributed by atoms with Gasteiger partial charge in [0.25, 0.3) is 0 Å². The van der Waals surface area contributed by atoms with Crippen molar-refractivity contribution in [1.29, 1.82) is 0 Å². The highest BCUT2D eigenvalue weighted by Gasteiger charge is 2.29. The Balaban J connectivity index is 1.54. The number of hydrogen-bond acceptors (Lipinski definition) is 3. The maximum Gasteiger partial charge on any atom is 0.246 e. The minimum Gasteiger partial charge on any atom is -0.494 e. The molecular formula is C21H30N2O2. The van der Waals surface area contributed by atoms with Crippen LogP contribution in [0.1, 0.15) is 44.6 Å². The summed E-state index contributed by atoms with van der Waals surface area (Å²) in [5.74, 6) is 1.03. The lowest BCUT2D eigenvalue weighted by molar-refractivity contribution is -0.127. The van der Waals surface area contributed by atoms with Crippen molar-refractivity contribution in [3.05, 3.63) is 35.9 Å². The molecule has 2 aliphatic heterocycles. The molecule has 1 atom stereocenters. The zero-order valence-corrected chi connectivity index (χ0v) is 15.3. The summed E-state index contributed by atoms with van der Waals surface area (Å²) in [6, 6.07) is 8.32. The van der Waals surface area contributed by atoms with Gasteiger partial charge in [-0.25, -0.2) is 0 Å². The van der Waals surface area contributed by atoms with E-state index in [1.54, 1.807) is 6.08 Å². The van der Waals surface area contributed by atoms with Crippen LogP contribution in [0.15, 0.2) is 30.3 Å². The SMILES string of the molecule is CCCOc1ccc(/C=C/C(=O)N2CCCC2CN2CCCC2)cc1. The van der Waals surface area contributed by atoms with Gasteiger partial charge < -0.3 is 14.5 Å². The smallest absolute Gasteiger partial charge is 0.246 e. The minimum absolute atomic E-state index is 0.146. The zero-order valence-electron chi connectivity index (χ0n) is 15.3. The summed E-state index contributed by atoms with van der Waals surface area (Å²) in [6.45, 7) is 7.16. The first-order chi connectivity index (χ1) is 12.3. The Kier molecular flexibility index (Phi) is 6.51. The van der Waals surface area contributed by atoms with Crippen molar-refractivity contribution in [2.75, 3.05) is 32.8 Å². The van der Waals surface area contributed by atoms with Crippen molar-refractivity contribution < 1.29 is 9.53 Å². The number of nitrogens with zero attached hydrogens (tertiary/aromatic N) is 2. The first-order valence-corrected chi connectivity index (χ1v) is 9.70. The molecule has 0 aromatic heterocycles. The quantitative estimate of drug-likeness (QED) is 0.710. The maximum atomic E-state index is 12.6. The van der Waals surface area contributed by atoms with Crippen LogP contribution in [0.25, 0.3) is 6.08 Å². The summed E-state index contributed by atoms with van der Waals surface area (Å²) in [7, 11) is 0. The second-order valence-electron chi connectivity index (χ2n) is 7.09. The van der Waals surface area contributed by atoms with Crippen LogP contribution in [0.2, 0.25) is 0 Å². The predicted molar refractivity (Wildman–Crippen MR) is 102 cm³/mol. The van der Waals surface area contributed by atoms with Gasteiger partial charge in [0.2, 0.25) is 5.91 Å². The van der Waals surface area contributed by atoms with Gasteiger partial charge in [0, 0.05) is 25.2 Å². The Morgan fingerprint density at radius 3 is 2.64 bits per heavy atom. The van der Waals surface area contributed by atoms with Gasteiger partial charge in [-0.3, -0.25) is 4.79 Å². The van der Waals surface area contributed by atoms with Gasteiger partial charge in [0.05, 0.1) is 6.61 Å². The average molecular weight is 342 g/mol. The van der Waals surface area contributed by atoms with Crippen LogP contribution in [0, 0.1) is 0 Å². The summed E-state index contributed by atoms with van der Waals surface area (Å²) in [5, 5.41) is 0. The molecule has 1 aromatic carbocycles. The Hall–Kier alpha value is -1.81. The lowest BCUT2D eigenvalue weighted by Crippen LogP contribution is -2.41. The molecule has 4 nitrogen and oxygen atoms in total. The molecule has 2 fully saturated rings. The first kappa shape index (κ1) is 18.0. The highest BCUT2D eigenvalue weighted by molar-refractivity contribution is 5.92. The number of amides is 1. The monoisotopic (exact) mass is 342 g/mol. The van der Waals surface area contributed by atoms with Crippen molar-refractivity contribution in [3.63, 3.8) is 0 Å². The Bertz CT molecular complexity index is 576. The van der Waals surface area contributed by atoms with Crippen molar-refractivity contribution in [3.8, 4) is 5.75 Å². The van der Waals surface area contributed by atoms with E-state index in [9.17, 15) is 4.79 Å². The molecule has 25 heavy (non-hydrogen) atoms. The third-order valence-corrected chi connectivity index (χ3v) is 5.10. The molecule has 2 heterocycles. The van der Waals surface area contributed by atoms with E-state index in [1.165, 1.54) is 25.9 Å². The van der Waals surface area contributed by atoms with E-state index in [2.05, 4.69) is 16.7 Å². The van der Waals surface area contributed by atoms with Gasteiger partial charge in [-0.2, -0.15) is 0 Å². The van der Waals surface area contributed by atoms with Crippen LogP contribution in [0.4, 0.5) is 0 Å². The summed E-state index contributed by atoms with van der Waals surface area (Å²) in [6.07, 6.45) is 9.52. The van der Waals surface area contributed by atoms with Crippen LogP contribution < -0.4 is 4.74 Å². The second-order valence-corrected chi connectivity index (χ2v) is 7.09. The second kappa shape index (κ2) is 9.04. The van der Waals surface area contributed by atoms with Gasteiger partial charge in [-0.05, 0) is 69.0 Å². The van der Waals surface area contributed by atoms with E-state index in [0.29, 0.717) is 6.04 Å². The van der Waals surface area contributed by atoms with E-state index < -0.39 is 0 Å². The average Bonchev–Trinajstić information content (AvgIpc) is 3.31. The van der Waals surface area contributed by atoms with E-state index in [4.69, 9.17) is 4.74 Å². The van der Waals surface area contributed by atoms with Gasteiger partial charge in [-0.1, -0.05) is 19.1 Å². The normalized spacial score (nSPS) is 21.3. The number of hydrogen-bond donors (Lipinski definition) is 0. The maximum absolute atomic E-state index is 12.6. The van der Waals surface area contributed by atoms with Crippen LogP contribution in [0.5, 0.6) is 5.75 Å². The van der Waals surface area contributed by atoms with Gasteiger partial charge in [-0.15, -0.1) is 0 Å². The van der Waals surface area contributed by atoms with E-state index in [1.807, 2.05) is 30.3 Å². The van der Waals surface area contributed by atoms with Crippen LogP contribution in [-0.4, -0.2) is 54.5 Å². The third-order valence-electron chi connectivity index (χ3n) is 5.10. The molecular weight excluding hydrogens is 312 g/mol. The number of carbonyl (C=O) groups excluding carboxylic acids is 1. The van der Waals surface area contributed by atoms with Crippen LogP contribution >= 0.6 is 0 Å². The molecule has 0 saturated carbocycles. The molecule has 0 bridgehead atoms. The molecule has 1 aromatic rings. The predicted octanol–water partition coefficient (Wildman–Crippen LogP) is 3.58. The third kappa shape index (κ3) is 5.08. The molecule has 3 rings (SSSR count). The summed E-state index contributed by atoms with van der Waals surface area (Å²) >= 11 is 0. The fourth-order valence-corrected chi connectivity index (χ4v) is 3.74. The van der Waals surface area contributed by atoms with Crippen LogP contribution in [0.3, 0.4) is 0 Å².